The molecule has 1 aliphatic carbocycles. The van der Waals surface area contributed by atoms with Gasteiger partial charge in [-0.1, -0.05) is 11.6 Å². The van der Waals surface area contributed by atoms with Gasteiger partial charge in [0.1, 0.15) is 6.04 Å². The van der Waals surface area contributed by atoms with Crippen LogP contribution in [-0.2, 0) is 11.3 Å². The number of nitrogens with zero attached hydrogens (tertiary/aromatic N) is 1. The molecule has 1 aromatic heterocycles. The zero-order valence-electron chi connectivity index (χ0n) is 11.3. The molecule has 1 atom stereocenters. The summed E-state index contributed by atoms with van der Waals surface area (Å²) in [6.45, 7) is 0.307. The van der Waals surface area contributed by atoms with Gasteiger partial charge >= 0.3 is 5.97 Å². The van der Waals surface area contributed by atoms with Crippen LogP contribution in [0, 0.1) is 5.92 Å². The summed E-state index contributed by atoms with van der Waals surface area (Å²) in [5.74, 6) is 0.531. The van der Waals surface area contributed by atoms with Gasteiger partial charge in [-0.15, -0.1) is 0 Å². The van der Waals surface area contributed by atoms with E-state index >= 15 is 0 Å². The van der Waals surface area contributed by atoms with E-state index in [2.05, 4.69) is 10.3 Å². The highest BCUT2D eigenvalue weighted by molar-refractivity contribution is 6.30. The number of nitrogens with one attached hydrogen (secondary N) is 1. The van der Waals surface area contributed by atoms with Gasteiger partial charge in [-0.3, -0.25) is 10.1 Å². The summed E-state index contributed by atoms with van der Waals surface area (Å²) < 4.78 is 5.63. The summed E-state index contributed by atoms with van der Waals surface area (Å²) in [5, 5.41) is 12.8. The Morgan fingerprint density at radius 2 is 2.14 bits per heavy atom. The summed E-state index contributed by atoms with van der Waals surface area (Å²) in [4.78, 5) is 15.3. The monoisotopic (exact) mass is 306 g/mol. The molecule has 0 spiro atoms. The van der Waals surface area contributed by atoms with Gasteiger partial charge in [0.2, 0.25) is 5.89 Å². The highest BCUT2D eigenvalue weighted by atomic mass is 35.5. The van der Waals surface area contributed by atoms with Gasteiger partial charge in [-0.05, 0) is 43.0 Å². The minimum atomic E-state index is -0.818. The van der Waals surface area contributed by atoms with Crippen LogP contribution in [0.15, 0.2) is 34.9 Å². The Balaban J connectivity index is 1.64. The van der Waals surface area contributed by atoms with Crippen LogP contribution in [0.1, 0.15) is 18.7 Å². The van der Waals surface area contributed by atoms with E-state index in [4.69, 9.17) is 21.1 Å². The van der Waals surface area contributed by atoms with Crippen LogP contribution < -0.4 is 5.32 Å². The number of hydrogen-bond acceptors (Lipinski definition) is 4. The number of rotatable bonds is 6. The number of benzene rings is 1. The van der Waals surface area contributed by atoms with Crippen LogP contribution in [0.3, 0.4) is 0 Å². The van der Waals surface area contributed by atoms with E-state index < -0.39 is 12.0 Å². The average molecular weight is 307 g/mol. The van der Waals surface area contributed by atoms with Crippen molar-refractivity contribution >= 4 is 17.6 Å². The Bertz CT molecular complexity index is 635. The first-order valence-corrected chi connectivity index (χ1v) is 7.18. The maximum Gasteiger partial charge on any atom is 0.320 e. The van der Waals surface area contributed by atoms with Crippen LogP contribution in [0.2, 0.25) is 5.02 Å². The smallest absolute Gasteiger partial charge is 0.320 e. The van der Waals surface area contributed by atoms with Crippen LogP contribution in [-0.4, -0.2) is 22.1 Å². The third-order valence-corrected chi connectivity index (χ3v) is 3.77. The summed E-state index contributed by atoms with van der Waals surface area (Å²) in [7, 11) is 0. The molecule has 6 heteroatoms. The molecule has 1 aliphatic rings. The van der Waals surface area contributed by atoms with Gasteiger partial charge in [-0.2, -0.15) is 0 Å². The lowest BCUT2D eigenvalue weighted by molar-refractivity contribution is -0.140. The predicted molar refractivity (Wildman–Crippen MR) is 77.9 cm³/mol. The molecule has 0 bridgehead atoms. The molecule has 0 amide bonds. The highest BCUT2D eigenvalue weighted by Gasteiger charge is 2.35. The Kier molecular flexibility index (Phi) is 3.94. The summed E-state index contributed by atoms with van der Waals surface area (Å²) in [6, 6.07) is 6.75. The lowest BCUT2D eigenvalue weighted by Gasteiger charge is -2.11. The Hall–Kier alpha value is -1.85. The molecule has 2 N–H and O–H groups in total. The molecule has 1 saturated carbocycles. The maximum atomic E-state index is 11.1. The molecular formula is C15H15ClN2O3. The van der Waals surface area contributed by atoms with Gasteiger partial charge in [-0.25, -0.2) is 4.98 Å². The molecule has 1 fully saturated rings. The fraction of sp³-hybridized carbons (Fsp3) is 0.333. The number of halogens is 1. The molecule has 0 aliphatic heterocycles. The van der Waals surface area contributed by atoms with Crippen LogP contribution in [0.25, 0.3) is 11.3 Å². The first-order chi connectivity index (χ1) is 10.1. The van der Waals surface area contributed by atoms with Gasteiger partial charge in [0.25, 0.3) is 0 Å². The lowest BCUT2D eigenvalue weighted by Crippen LogP contribution is -2.38. The molecule has 1 heterocycles. The Morgan fingerprint density at radius 3 is 2.76 bits per heavy atom. The van der Waals surface area contributed by atoms with Crippen molar-refractivity contribution in [3.8, 4) is 11.3 Å². The molecule has 1 unspecified atom stereocenters. The van der Waals surface area contributed by atoms with Crippen molar-refractivity contribution in [1.82, 2.24) is 10.3 Å². The van der Waals surface area contributed by atoms with Crippen molar-refractivity contribution < 1.29 is 14.3 Å². The molecule has 5 nitrogen and oxygen atoms in total. The fourth-order valence-electron chi connectivity index (χ4n) is 2.22. The van der Waals surface area contributed by atoms with Gasteiger partial charge in [0.05, 0.1) is 12.7 Å². The topological polar surface area (TPSA) is 75.4 Å². The van der Waals surface area contributed by atoms with E-state index in [1.807, 2.05) is 12.1 Å². The quantitative estimate of drug-likeness (QED) is 0.858. The van der Waals surface area contributed by atoms with E-state index in [9.17, 15) is 4.79 Å². The summed E-state index contributed by atoms with van der Waals surface area (Å²) in [6.07, 6.45) is 3.56. The number of oxazole rings is 1. The molecule has 0 saturated heterocycles. The molecule has 3 rings (SSSR count). The van der Waals surface area contributed by atoms with Crippen LogP contribution in [0.4, 0.5) is 0 Å². The van der Waals surface area contributed by atoms with Crippen molar-refractivity contribution in [2.45, 2.75) is 25.4 Å². The lowest BCUT2D eigenvalue weighted by atomic mass is 10.2. The number of aromatic nitrogens is 1. The Morgan fingerprint density at radius 1 is 1.43 bits per heavy atom. The van der Waals surface area contributed by atoms with E-state index in [0.29, 0.717) is 23.2 Å². The third kappa shape index (κ3) is 3.43. The minimum Gasteiger partial charge on any atom is -0.480 e. The van der Waals surface area contributed by atoms with E-state index in [-0.39, 0.29) is 5.92 Å². The zero-order valence-corrected chi connectivity index (χ0v) is 12.0. The SMILES string of the molecule is O=C(O)C(NCc1ncc(-c2ccc(Cl)cc2)o1)C1CC1. The standard InChI is InChI=1S/C15H15ClN2O3/c16-11-5-3-9(4-6-11)12-7-17-13(21-12)8-18-14(15(19)20)10-1-2-10/h3-7,10,14,18H,1-2,8H2,(H,19,20). The largest absolute Gasteiger partial charge is 0.480 e. The predicted octanol–water partition coefficient (Wildman–Crippen LogP) is 2.95. The number of carboxylic acid groups (broad SMARTS) is 1. The molecule has 2 aromatic rings. The minimum absolute atomic E-state index is 0.230. The van der Waals surface area contributed by atoms with Crippen molar-refractivity contribution in [2.24, 2.45) is 5.92 Å². The normalized spacial score (nSPS) is 15.9. The maximum absolute atomic E-state index is 11.1. The van der Waals surface area contributed by atoms with Crippen molar-refractivity contribution in [3.63, 3.8) is 0 Å². The van der Waals surface area contributed by atoms with E-state index in [0.717, 1.165) is 18.4 Å². The van der Waals surface area contributed by atoms with Crippen molar-refractivity contribution in [1.29, 1.82) is 0 Å². The fourth-order valence-corrected chi connectivity index (χ4v) is 2.35. The third-order valence-electron chi connectivity index (χ3n) is 3.51. The molecular weight excluding hydrogens is 292 g/mol. The molecule has 110 valence electrons. The highest BCUT2D eigenvalue weighted by Crippen LogP contribution is 2.33. The first kappa shape index (κ1) is 14.1. The average Bonchev–Trinajstić information content (AvgIpc) is 3.18. The van der Waals surface area contributed by atoms with Crippen LogP contribution in [0.5, 0.6) is 0 Å². The summed E-state index contributed by atoms with van der Waals surface area (Å²) in [5.41, 5.74) is 0.884. The Labute approximate surface area is 126 Å². The molecule has 21 heavy (non-hydrogen) atoms. The van der Waals surface area contributed by atoms with Crippen molar-refractivity contribution in [3.05, 3.63) is 41.4 Å². The second kappa shape index (κ2) is 5.87. The number of aliphatic carboxylic acids is 1. The molecule has 1 aromatic carbocycles. The van der Waals surface area contributed by atoms with Gasteiger partial charge < -0.3 is 9.52 Å². The van der Waals surface area contributed by atoms with E-state index in [1.54, 1.807) is 18.3 Å². The second-order valence-electron chi connectivity index (χ2n) is 5.16. The van der Waals surface area contributed by atoms with Crippen molar-refractivity contribution in [2.75, 3.05) is 0 Å². The summed E-state index contributed by atoms with van der Waals surface area (Å²) >= 11 is 5.84. The van der Waals surface area contributed by atoms with Crippen LogP contribution >= 0.6 is 11.6 Å². The first-order valence-electron chi connectivity index (χ1n) is 6.80. The second-order valence-corrected chi connectivity index (χ2v) is 5.60. The number of carbonyl (C=O) groups is 1. The number of carboxylic acids is 1. The van der Waals surface area contributed by atoms with Gasteiger partial charge in [0, 0.05) is 10.6 Å². The zero-order chi connectivity index (χ0) is 14.8. The van der Waals surface area contributed by atoms with E-state index in [1.165, 1.54) is 0 Å². The van der Waals surface area contributed by atoms with Gasteiger partial charge in [0.15, 0.2) is 5.76 Å². The molecule has 0 radical (unpaired) electrons. The number of hydrogen-bond donors (Lipinski definition) is 2.